The SMILES string of the molecule is C#CCc1cc([N+](=O)[O-])ccc1C. The molecule has 0 bridgehead atoms. The molecule has 0 atom stereocenters. The average Bonchev–Trinajstić information content (AvgIpc) is 2.08. The zero-order valence-corrected chi connectivity index (χ0v) is 7.28. The summed E-state index contributed by atoms with van der Waals surface area (Å²) in [6.45, 7) is 1.89. The van der Waals surface area contributed by atoms with Crippen molar-refractivity contribution in [3.63, 3.8) is 0 Å². The Hall–Kier alpha value is -1.82. The van der Waals surface area contributed by atoms with Gasteiger partial charge in [-0.05, 0) is 18.1 Å². The molecule has 0 heterocycles. The number of non-ortho nitro benzene ring substituents is 1. The van der Waals surface area contributed by atoms with Crippen LogP contribution in [0.2, 0.25) is 0 Å². The minimum Gasteiger partial charge on any atom is -0.258 e. The third-order valence-corrected chi connectivity index (χ3v) is 1.84. The number of benzene rings is 1. The van der Waals surface area contributed by atoms with Gasteiger partial charge in [-0.2, -0.15) is 0 Å². The van der Waals surface area contributed by atoms with Crippen LogP contribution in [-0.4, -0.2) is 4.92 Å². The van der Waals surface area contributed by atoms with Crippen molar-refractivity contribution in [1.82, 2.24) is 0 Å². The van der Waals surface area contributed by atoms with Crippen molar-refractivity contribution in [2.45, 2.75) is 13.3 Å². The summed E-state index contributed by atoms with van der Waals surface area (Å²) in [5.74, 6) is 2.47. The fourth-order valence-corrected chi connectivity index (χ4v) is 1.07. The van der Waals surface area contributed by atoms with Gasteiger partial charge in [0, 0.05) is 18.6 Å². The number of terminal acetylenes is 1. The molecule has 0 aromatic heterocycles. The third kappa shape index (κ3) is 2.06. The fourth-order valence-electron chi connectivity index (χ4n) is 1.07. The maximum absolute atomic E-state index is 10.4. The molecule has 0 amide bonds. The quantitative estimate of drug-likeness (QED) is 0.392. The lowest BCUT2D eigenvalue weighted by molar-refractivity contribution is -0.384. The zero-order valence-electron chi connectivity index (χ0n) is 7.28. The summed E-state index contributed by atoms with van der Waals surface area (Å²) in [5, 5.41) is 10.4. The van der Waals surface area contributed by atoms with E-state index in [1.165, 1.54) is 12.1 Å². The van der Waals surface area contributed by atoms with Gasteiger partial charge in [0.2, 0.25) is 0 Å². The molecule has 1 aromatic carbocycles. The van der Waals surface area contributed by atoms with Gasteiger partial charge in [-0.1, -0.05) is 6.07 Å². The number of hydrogen-bond donors (Lipinski definition) is 0. The molecule has 1 aromatic rings. The van der Waals surface area contributed by atoms with Crippen molar-refractivity contribution in [2.75, 3.05) is 0 Å². The number of nitro groups is 1. The van der Waals surface area contributed by atoms with Gasteiger partial charge in [-0.3, -0.25) is 10.1 Å². The molecule has 66 valence electrons. The predicted molar refractivity (Wildman–Crippen MR) is 50.4 cm³/mol. The molecule has 3 heteroatoms. The molecule has 3 nitrogen and oxygen atoms in total. The van der Waals surface area contributed by atoms with Crippen LogP contribution in [0.5, 0.6) is 0 Å². The monoisotopic (exact) mass is 175 g/mol. The number of hydrogen-bond acceptors (Lipinski definition) is 2. The minimum absolute atomic E-state index is 0.0934. The highest BCUT2D eigenvalue weighted by molar-refractivity contribution is 5.40. The van der Waals surface area contributed by atoms with Crippen LogP contribution in [0.4, 0.5) is 5.69 Å². The van der Waals surface area contributed by atoms with Crippen LogP contribution in [0, 0.1) is 29.4 Å². The maximum Gasteiger partial charge on any atom is 0.269 e. The highest BCUT2D eigenvalue weighted by Crippen LogP contribution is 2.17. The second-order valence-electron chi connectivity index (χ2n) is 2.75. The van der Waals surface area contributed by atoms with Crippen LogP contribution in [0.25, 0.3) is 0 Å². The Bertz CT molecular complexity index is 377. The zero-order chi connectivity index (χ0) is 9.84. The number of nitrogens with zero attached hydrogens (tertiary/aromatic N) is 1. The predicted octanol–water partition coefficient (Wildman–Crippen LogP) is 2.08. The van der Waals surface area contributed by atoms with E-state index in [1.807, 2.05) is 6.92 Å². The molecule has 0 unspecified atom stereocenters. The first-order chi connectivity index (χ1) is 6.15. The molecular formula is C10H9NO2. The molecular weight excluding hydrogens is 166 g/mol. The van der Waals surface area contributed by atoms with Gasteiger partial charge < -0.3 is 0 Å². The lowest BCUT2D eigenvalue weighted by Crippen LogP contribution is -1.92. The standard InChI is InChI=1S/C10H9NO2/c1-3-4-9-7-10(11(12)13)6-5-8(9)2/h1,5-7H,4H2,2H3. The molecule has 0 spiro atoms. The number of nitro benzene ring substituents is 1. The van der Waals surface area contributed by atoms with E-state index in [0.29, 0.717) is 6.42 Å². The van der Waals surface area contributed by atoms with Gasteiger partial charge in [0.05, 0.1) is 4.92 Å². The van der Waals surface area contributed by atoms with E-state index < -0.39 is 4.92 Å². The lowest BCUT2D eigenvalue weighted by atomic mass is 10.1. The highest BCUT2D eigenvalue weighted by Gasteiger charge is 2.07. The Morgan fingerprint density at radius 1 is 1.62 bits per heavy atom. The minimum atomic E-state index is -0.417. The maximum atomic E-state index is 10.4. The second kappa shape index (κ2) is 3.72. The summed E-state index contributed by atoms with van der Waals surface area (Å²) >= 11 is 0. The number of rotatable bonds is 2. The smallest absolute Gasteiger partial charge is 0.258 e. The summed E-state index contributed by atoms with van der Waals surface area (Å²) in [4.78, 5) is 10.0. The topological polar surface area (TPSA) is 43.1 Å². The van der Waals surface area contributed by atoms with Gasteiger partial charge in [0.25, 0.3) is 5.69 Å². The molecule has 1 rings (SSSR count). The van der Waals surface area contributed by atoms with Gasteiger partial charge >= 0.3 is 0 Å². The molecule has 0 aliphatic carbocycles. The lowest BCUT2D eigenvalue weighted by Gasteiger charge is -2.00. The normalized spacial score (nSPS) is 9.23. The van der Waals surface area contributed by atoms with E-state index in [9.17, 15) is 10.1 Å². The molecule has 0 N–H and O–H groups in total. The van der Waals surface area contributed by atoms with Crippen LogP contribution in [0.3, 0.4) is 0 Å². The summed E-state index contributed by atoms with van der Waals surface area (Å²) in [6.07, 6.45) is 5.57. The average molecular weight is 175 g/mol. The van der Waals surface area contributed by atoms with Crippen molar-refractivity contribution in [1.29, 1.82) is 0 Å². The van der Waals surface area contributed by atoms with E-state index in [4.69, 9.17) is 6.42 Å². The van der Waals surface area contributed by atoms with Crippen molar-refractivity contribution in [2.24, 2.45) is 0 Å². The summed E-state index contributed by atoms with van der Waals surface area (Å²) < 4.78 is 0. The van der Waals surface area contributed by atoms with Crippen LogP contribution in [-0.2, 0) is 6.42 Å². The third-order valence-electron chi connectivity index (χ3n) is 1.84. The summed E-state index contributed by atoms with van der Waals surface area (Å²) in [5.41, 5.74) is 1.93. The van der Waals surface area contributed by atoms with Crippen molar-refractivity contribution in [3.05, 3.63) is 39.4 Å². The van der Waals surface area contributed by atoms with Crippen LogP contribution >= 0.6 is 0 Å². The van der Waals surface area contributed by atoms with E-state index >= 15 is 0 Å². The molecule has 0 saturated carbocycles. The molecule has 0 fully saturated rings. The highest BCUT2D eigenvalue weighted by atomic mass is 16.6. The van der Waals surface area contributed by atoms with Crippen molar-refractivity contribution in [3.8, 4) is 12.3 Å². The first-order valence-corrected chi connectivity index (χ1v) is 3.82. The number of aryl methyl sites for hydroxylation is 1. The first-order valence-electron chi connectivity index (χ1n) is 3.82. The van der Waals surface area contributed by atoms with E-state index in [2.05, 4.69) is 5.92 Å². The fraction of sp³-hybridized carbons (Fsp3) is 0.200. The van der Waals surface area contributed by atoms with Crippen molar-refractivity contribution >= 4 is 5.69 Å². The summed E-state index contributed by atoms with van der Waals surface area (Å²) in [6, 6.07) is 4.72. The van der Waals surface area contributed by atoms with Gasteiger partial charge in [0.15, 0.2) is 0 Å². The largest absolute Gasteiger partial charge is 0.269 e. The molecule has 13 heavy (non-hydrogen) atoms. The van der Waals surface area contributed by atoms with E-state index in [-0.39, 0.29) is 5.69 Å². The van der Waals surface area contributed by atoms with Gasteiger partial charge in [0.1, 0.15) is 0 Å². The second-order valence-corrected chi connectivity index (χ2v) is 2.75. The molecule has 0 radical (unpaired) electrons. The van der Waals surface area contributed by atoms with Crippen molar-refractivity contribution < 1.29 is 4.92 Å². The first kappa shape index (κ1) is 9.27. The molecule has 0 aliphatic heterocycles. The van der Waals surface area contributed by atoms with E-state index in [1.54, 1.807) is 6.07 Å². The Kier molecular flexibility index (Phi) is 2.65. The Balaban J connectivity index is 3.12. The molecule has 0 saturated heterocycles. The van der Waals surface area contributed by atoms with Gasteiger partial charge in [-0.25, -0.2) is 0 Å². The Labute approximate surface area is 76.5 Å². The van der Waals surface area contributed by atoms with Crippen LogP contribution in [0.15, 0.2) is 18.2 Å². The van der Waals surface area contributed by atoms with E-state index in [0.717, 1.165) is 11.1 Å². The van der Waals surface area contributed by atoms with Crippen LogP contribution in [0.1, 0.15) is 11.1 Å². The summed E-state index contributed by atoms with van der Waals surface area (Å²) in [7, 11) is 0. The van der Waals surface area contributed by atoms with Crippen LogP contribution < -0.4 is 0 Å². The van der Waals surface area contributed by atoms with Gasteiger partial charge in [-0.15, -0.1) is 12.3 Å². The molecule has 0 aliphatic rings. The Morgan fingerprint density at radius 3 is 2.85 bits per heavy atom. The Morgan fingerprint density at radius 2 is 2.31 bits per heavy atom.